The van der Waals surface area contributed by atoms with E-state index < -0.39 is 6.10 Å². The lowest BCUT2D eigenvalue weighted by molar-refractivity contribution is 0.217. The summed E-state index contributed by atoms with van der Waals surface area (Å²) in [6, 6.07) is 22.2. The highest BCUT2D eigenvalue weighted by molar-refractivity contribution is 5.85. The average molecular weight is 453 g/mol. The van der Waals surface area contributed by atoms with Gasteiger partial charge in [0.2, 0.25) is 5.95 Å². The summed E-state index contributed by atoms with van der Waals surface area (Å²) in [5.74, 6) is 2.92. The van der Waals surface area contributed by atoms with Gasteiger partial charge in [0.25, 0.3) is 0 Å². The predicted molar refractivity (Wildman–Crippen MR) is 129 cm³/mol. The topological polar surface area (TPSA) is 70.4 Å². The highest BCUT2D eigenvalue weighted by atomic mass is 16.5. The van der Waals surface area contributed by atoms with Crippen molar-refractivity contribution >= 4 is 11.6 Å². The van der Waals surface area contributed by atoms with Gasteiger partial charge >= 0.3 is 0 Å². The summed E-state index contributed by atoms with van der Waals surface area (Å²) in [5, 5.41) is 8.12. The number of nitrogens with zero attached hydrogens (tertiary/aromatic N) is 3. The predicted octanol–water partition coefficient (Wildman–Crippen LogP) is 5.16. The Balaban J connectivity index is 1.64. The normalized spacial score (nSPS) is 18.2. The Morgan fingerprint density at radius 2 is 1.82 bits per heavy atom. The van der Waals surface area contributed by atoms with Gasteiger partial charge in [-0.05, 0) is 36.8 Å². The number of methoxy groups -OCH3 is 2. The molecule has 0 amide bonds. The molecule has 0 aliphatic carbocycles. The molecule has 6 rings (SSSR count). The quantitative estimate of drug-likeness (QED) is 0.461. The molecule has 2 aliphatic rings. The first-order chi connectivity index (χ1) is 16.7. The Morgan fingerprint density at radius 1 is 0.971 bits per heavy atom. The summed E-state index contributed by atoms with van der Waals surface area (Å²) in [4.78, 5) is 4.50. The first-order valence-corrected chi connectivity index (χ1v) is 11.1. The first-order valence-electron chi connectivity index (χ1n) is 11.1. The van der Waals surface area contributed by atoms with Crippen LogP contribution in [-0.2, 0) is 0 Å². The van der Waals surface area contributed by atoms with Gasteiger partial charge in [-0.25, -0.2) is 4.68 Å². The van der Waals surface area contributed by atoms with Crippen LogP contribution in [0.1, 0.15) is 34.4 Å². The summed E-state index contributed by atoms with van der Waals surface area (Å²) in [6.45, 7) is 2.08. The molecule has 0 spiro atoms. The molecule has 34 heavy (non-hydrogen) atoms. The molecule has 0 fully saturated rings. The van der Waals surface area contributed by atoms with E-state index in [2.05, 4.69) is 46.6 Å². The fourth-order valence-corrected chi connectivity index (χ4v) is 4.83. The van der Waals surface area contributed by atoms with Crippen LogP contribution in [0, 0.1) is 6.92 Å². The summed E-state index contributed by atoms with van der Waals surface area (Å²) in [7, 11) is 3.31. The van der Waals surface area contributed by atoms with Crippen molar-refractivity contribution in [3.8, 4) is 17.2 Å². The molecule has 170 valence electrons. The van der Waals surface area contributed by atoms with E-state index in [9.17, 15) is 0 Å². The van der Waals surface area contributed by atoms with E-state index in [-0.39, 0.29) is 6.04 Å². The van der Waals surface area contributed by atoms with Gasteiger partial charge in [-0.1, -0.05) is 42.0 Å². The lowest BCUT2D eigenvalue weighted by Gasteiger charge is -2.39. The monoisotopic (exact) mass is 452 g/mol. The molecule has 0 saturated heterocycles. The van der Waals surface area contributed by atoms with Crippen LogP contribution >= 0.6 is 0 Å². The number of ether oxygens (including phenoxy) is 3. The zero-order chi connectivity index (χ0) is 23.2. The average Bonchev–Trinajstić information content (AvgIpc) is 3.35. The highest BCUT2D eigenvalue weighted by Gasteiger charge is 2.41. The van der Waals surface area contributed by atoms with Gasteiger partial charge in [-0.3, -0.25) is 0 Å². The zero-order valence-electron chi connectivity index (χ0n) is 19.1. The minimum Gasteiger partial charge on any atom is -0.497 e. The summed E-state index contributed by atoms with van der Waals surface area (Å²) in [6.07, 6.45) is 1.17. The minimum atomic E-state index is -0.416. The van der Waals surface area contributed by atoms with Crippen molar-refractivity contribution in [3.63, 3.8) is 0 Å². The Labute approximate surface area is 197 Å². The second kappa shape index (κ2) is 7.95. The number of aryl methyl sites for hydroxylation is 1. The Bertz CT molecular complexity index is 1410. The third kappa shape index (κ3) is 3.12. The second-order valence-corrected chi connectivity index (χ2v) is 8.40. The van der Waals surface area contributed by atoms with Gasteiger partial charge in [0.1, 0.15) is 29.6 Å². The van der Waals surface area contributed by atoms with E-state index >= 15 is 0 Å². The van der Waals surface area contributed by atoms with E-state index in [0.717, 1.165) is 45.0 Å². The highest BCUT2D eigenvalue weighted by Crippen LogP contribution is 2.52. The largest absolute Gasteiger partial charge is 0.497 e. The fraction of sp³-hybridized carbons (Fsp3) is 0.185. The van der Waals surface area contributed by atoms with Gasteiger partial charge in [-0.2, -0.15) is 10.1 Å². The first kappa shape index (κ1) is 20.4. The standard InChI is InChI=1S/C27H24N4O3/c1-16-9-12-21-20(13-16)24-23(26(34-21)19-11-10-18(32-2)14-22(19)33-3)25(17-7-5-4-6-8-17)31-27(30-24)28-15-29-31/h4-15,25-26H,1-3H3,(H,28,29,30)/t25-,26+/m0/s1. The van der Waals surface area contributed by atoms with Crippen molar-refractivity contribution in [2.75, 3.05) is 19.5 Å². The molecule has 4 aromatic rings. The Morgan fingerprint density at radius 3 is 2.62 bits per heavy atom. The summed E-state index contributed by atoms with van der Waals surface area (Å²) >= 11 is 0. The fourth-order valence-electron chi connectivity index (χ4n) is 4.83. The maximum absolute atomic E-state index is 6.72. The van der Waals surface area contributed by atoms with Crippen LogP contribution in [0.15, 0.2) is 78.6 Å². The van der Waals surface area contributed by atoms with E-state index in [4.69, 9.17) is 14.2 Å². The van der Waals surface area contributed by atoms with Crippen molar-refractivity contribution < 1.29 is 14.2 Å². The number of fused-ring (bicyclic) bond motifs is 3. The van der Waals surface area contributed by atoms with Crippen molar-refractivity contribution in [1.29, 1.82) is 0 Å². The summed E-state index contributed by atoms with van der Waals surface area (Å²) < 4.78 is 19.9. The third-order valence-corrected chi connectivity index (χ3v) is 6.41. The molecule has 1 N–H and O–H groups in total. The lowest BCUT2D eigenvalue weighted by atomic mass is 9.84. The molecule has 0 bridgehead atoms. The molecular weight excluding hydrogens is 428 g/mol. The number of rotatable bonds is 4. The molecule has 1 aromatic heterocycles. The maximum atomic E-state index is 6.72. The van der Waals surface area contributed by atoms with E-state index in [1.165, 1.54) is 0 Å². The minimum absolute atomic E-state index is 0.208. The van der Waals surface area contributed by atoms with Crippen molar-refractivity contribution in [1.82, 2.24) is 14.8 Å². The van der Waals surface area contributed by atoms with Crippen LogP contribution in [-0.4, -0.2) is 29.0 Å². The molecular formula is C27H24N4O3. The van der Waals surface area contributed by atoms with Gasteiger partial charge in [0.15, 0.2) is 6.10 Å². The zero-order valence-corrected chi connectivity index (χ0v) is 19.1. The molecule has 2 aliphatic heterocycles. The van der Waals surface area contributed by atoms with Crippen LogP contribution in [0.5, 0.6) is 17.2 Å². The molecule has 7 nitrogen and oxygen atoms in total. The van der Waals surface area contributed by atoms with Gasteiger partial charge < -0.3 is 19.5 Å². The number of benzene rings is 3. The number of hydrogen-bond acceptors (Lipinski definition) is 6. The molecule has 0 saturated carbocycles. The number of hydrogen-bond donors (Lipinski definition) is 1. The van der Waals surface area contributed by atoms with Crippen LogP contribution in [0.4, 0.5) is 5.95 Å². The van der Waals surface area contributed by atoms with E-state index in [1.807, 2.05) is 47.1 Å². The van der Waals surface area contributed by atoms with Gasteiger partial charge in [0.05, 0.1) is 19.9 Å². The molecule has 0 radical (unpaired) electrons. The lowest BCUT2D eigenvalue weighted by Crippen LogP contribution is -2.32. The van der Waals surface area contributed by atoms with Crippen LogP contribution in [0.25, 0.3) is 5.70 Å². The Kier molecular flexibility index (Phi) is 4.76. The third-order valence-electron chi connectivity index (χ3n) is 6.41. The molecule has 0 unspecified atom stereocenters. The number of anilines is 1. The van der Waals surface area contributed by atoms with Crippen LogP contribution < -0.4 is 19.5 Å². The SMILES string of the molecule is COc1ccc([C@H]2Oc3ccc(C)cc3C3=C2[C@H](c2ccccc2)n2ncnc2N3)c(OC)c1. The maximum Gasteiger partial charge on any atom is 0.226 e. The smallest absolute Gasteiger partial charge is 0.226 e. The molecule has 7 heteroatoms. The van der Waals surface area contributed by atoms with Crippen molar-refractivity contribution in [2.45, 2.75) is 19.1 Å². The summed E-state index contributed by atoms with van der Waals surface area (Å²) in [5.41, 5.74) is 6.20. The number of nitrogens with one attached hydrogen (secondary N) is 1. The van der Waals surface area contributed by atoms with Gasteiger partial charge in [-0.15, -0.1) is 0 Å². The second-order valence-electron chi connectivity index (χ2n) is 8.40. The van der Waals surface area contributed by atoms with Crippen LogP contribution in [0.2, 0.25) is 0 Å². The van der Waals surface area contributed by atoms with E-state index in [0.29, 0.717) is 11.7 Å². The van der Waals surface area contributed by atoms with Crippen molar-refractivity contribution in [3.05, 3.63) is 101 Å². The number of aromatic nitrogens is 3. The van der Waals surface area contributed by atoms with Crippen LogP contribution in [0.3, 0.4) is 0 Å². The molecule has 2 atom stereocenters. The van der Waals surface area contributed by atoms with Crippen molar-refractivity contribution in [2.24, 2.45) is 0 Å². The Hall–Kier alpha value is -4.26. The van der Waals surface area contributed by atoms with E-state index in [1.54, 1.807) is 20.5 Å². The molecule has 3 heterocycles. The van der Waals surface area contributed by atoms with Gasteiger partial charge in [0, 0.05) is 22.8 Å². The molecule has 3 aromatic carbocycles.